The maximum atomic E-state index is 15.8. The molecule has 0 bridgehead atoms. The highest BCUT2D eigenvalue weighted by Crippen LogP contribution is 2.38. The van der Waals surface area contributed by atoms with Crippen molar-refractivity contribution < 1.29 is 9.50 Å². The first kappa shape index (κ1) is 23.3. The molecule has 2 N–H and O–H groups in total. The Kier molecular flexibility index (Phi) is 7.18. The van der Waals surface area contributed by atoms with Gasteiger partial charge in [0.15, 0.2) is 0 Å². The molecule has 0 radical (unpaired) electrons. The van der Waals surface area contributed by atoms with Gasteiger partial charge in [0, 0.05) is 46.5 Å². The van der Waals surface area contributed by atoms with Crippen molar-refractivity contribution in [2.24, 2.45) is 0 Å². The van der Waals surface area contributed by atoms with Gasteiger partial charge >= 0.3 is 0 Å². The topological polar surface area (TPSA) is 51.6 Å². The molecule has 2 saturated heterocycles. The fraction of sp³-hybridized carbons (Fsp3) is 0.444. The summed E-state index contributed by atoms with van der Waals surface area (Å²) in [5, 5.41) is 16.1. The molecule has 5 nitrogen and oxygen atoms in total. The number of phenols is 1. The third kappa shape index (κ3) is 5.14. The number of phenolic OH excluding ortho intramolecular Hbond substituents is 1. The number of halogens is 2. The zero-order chi connectivity index (χ0) is 23.5. The molecule has 2 aromatic carbocycles. The molecule has 0 atom stereocenters. The second kappa shape index (κ2) is 10.5. The smallest absolute Gasteiger partial charge is 0.146 e. The lowest BCUT2D eigenvalue weighted by atomic mass is 10.0. The molecule has 0 saturated carbocycles. The molecule has 180 valence electrons. The summed E-state index contributed by atoms with van der Waals surface area (Å²) in [6.45, 7) is 4.83. The average molecular weight is 483 g/mol. The Morgan fingerprint density at radius 1 is 0.882 bits per heavy atom. The number of aromatic nitrogens is 1. The first-order valence-corrected chi connectivity index (χ1v) is 12.8. The summed E-state index contributed by atoms with van der Waals surface area (Å²) in [4.78, 5) is 8.98. The number of hydrogen-bond donors (Lipinski definition) is 2. The zero-order valence-electron chi connectivity index (χ0n) is 19.5. The quantitative estimate of drug-likeness (QED) is 0.395. The first-order chi connectivity index (χ1) is 16.6. The van der Waals surface area contributed by atoms with Gasteiger partial charge in [0.1, 0.15) is 11.6 Å². The van der Waals surface area contributed by atoms with Crippen molar-refractivity contribution >= 4 is 33.9 Å². The van der Waals surface area contributed by atoms with E-state index in [0.29, 0.717) is 34.9 Å². The van der Waals surface area contributed by atoms with E-state index in [1.165, 1.54) is 12.8 Å². The SMILES string of the molecule is Oc1c(Nc2ccnc3cc(Cl)ccc23)cc(CN2CCCCC2)c(F)c1CN1CCCCC1. The van der Waals surface area contributed by atoms with Crippen LogP contribution >= 0.6 is 11.6 Å². The van der Waals surface area contributed by atoms with E-state index in [4.69, 9.17) is 11.6 Å². The number of anilines is 2. The van der Waals surface area contributed by atoms with Crippen LogP contribution < -0.4 is 5.32 Å². The van der Waals surface area contributed by atoms with Gasteiger partial charge in [0.25, 0.3) is 0 Å². The largest absolute Gasteiger partial charge is 0.505 e. The third-order valence-corrected chi connectivity index (χ3v) is 7.29. The fourth-order valence-corrected chi connectivity index (χ4v) is 5.36. The second-order valence-electron chi connectivity index (χ2n) is 9.54. The molecule has 1 aromatic heterocycles. The van der Waals surface area contributed by atoms with Crippen molar-refractivity contribution in [2.75, 3.05) is 31.5 Å². The molecule has 0 unspecified atom stereocenters. The maximum absolute atomic E-state index is 15.8. The standard InChI is InChI=1S/C27H32ClFN4O/c28-20-7-8-21-23(9-10-30-24(21)16-20)31-25-15-19(17-32-11-3-1-4-12-32)26(29)22(27(25)34)18-33-13-5-2-6-14-33/h7-10,15-16,34H,1-6,11-14,17-18H2,(H,30,31). The number of hydrogen-bond acceptors (Lipinski definition) is 5. The van der Waals surface area contributed by atoms with E-state index in [0.717, 1.165) is 68.5 Å². The first-order valence-electron chi connectivity index (χ1n) is 12.4. The second-order valence-corrected chi connectivity index (χ2v) is 9.98. The van der Waals surface area contributed by atoms with Gasteiger partial charge in [-0.2, -0.15) is 0 Å². The van der Waals surface area contributed by atoms with Crippen molar-refractivity contribution in [3.63, 3.8) is 0 Å². The molecule has 5 rings (SSSR count). The van der Waals surface area contributed by atoms with E-state index in [1.54, 1.807) is 12.3 Å². The van der Waals surface area contributed by atoms with Crippen molar-refractivity contribution in [2.45, 2.75) is 51.6 Å². The Bertz CT molecular complexity index is 1160. The van der Waals surface area contributed by atoms with Crippen LogP contribution in [0.15, 0.2) is 36.5 Å². The molecule has 3 aromatic rings. The van der Waals surface area contributed by atoms with Crippen LogP contribution in [0.4, 0.5) is 15.8 Å². The minimum atomic E-state index is -0.273. The Labute approximate surface area is 205 Å². The van der Waals surface area contributed by atoms with Crippen molar-refractivity contribution in [3.8, 4) is 5.75 Å². The number of piperidine rings is 2. The summed E-state index contributed by atoms with van der Waals surface area (Å²) in [5.74, 6) is -0.282. The van der Waals surface area contributed by atoms with Crippen LogP contribution in [-0.2, 0) is 13.1 Å². The molecular weight excluding hydrogens is 451 g/mol. The molecule has 0 amide bonds. The number of nitrogens with one attached hydrogen (secondary N) is 1. The highest BCUT2D eigenvalue weighted by atomic mass is 35.5. The summed E-state index contributed by atoms with van der Waals surface area (Å²) in [7, 11) is 0. The van der Waals surface area contributed by atoms with Gasteiger partial charge in [0.05, 0.1) is 11.2 Å². The van der Waals surface area contributed by atoms with Crippen LogP contribution in [0.5, 0.6) is 5.75 Å². The molecular formula is C27H32ClFN4O. The number of fused-ring (bicyclic) bond motifs is 1. The normalized spacial score (nSPS) is 17.8. The monoisotopic (exact) mass is 482 g/mol. The van der Waals surface area contributed by atoms with Gasteiger partial charge in [-0.05, 0) is 82.2 Å². The molecule has 2 aliphatic heterocycles. The molecule has 0 aliphatic carbocycles. The Morgan fingerprint density at radius 2 is 1.56 bits per heavy atom. The number of benzene rings is 2. The number of pyridine rings is 1. The Hall–Kier alpha value is -2.41. The Morgan fingerprint density at radius 3 is 2.26 bits per heavy atom. The number of rotatable bonds is 6. The van der Waals surface area contributed by atoms with Crippen molar-refractivity contribution in [3.05, 3.63) is 58.5 Å². The predicted molar refractivity (Wildman–Crippen MR) is 136 cm³/mol. The minimum Gasteiger partial charge on any atom is -0.505 e. The van der Waals surface area contributed by atoms with Crippen molar-refractivity contribution in [1.82, 2.24) is 14.8 Å². The third-order valence-electron chi connectivity index (χ3n) is 7.05. The van der Waals surface area contributed by atoms with Crippen LogP contribution in [0.25, 0.3) is 10.9 Å². The highest BCUT2D eigenvalue weighted by Gasteiger charge is 2.23. The van der Waals surface area contributed by atoms with Crippen LogP contribution in [0.1, 0.15) is 49.7 Å². The molecule has 2 aliphatic rings. The highest BCUT2D eigenvalue weighted by molar-refractivity contribution is 6.31. The van der Waals surface area contributed by atoms with Crippen LogP contribution in [-0.4, -0.2) is 46.1 Å². The molecule has 2 fully saturated rings. The van der Waals surface area contributed by atoms with E-state index in [-0.39, 0.29) is 11.6 Å². The fourth-order valence-electron chi connectivity index (χ4n) is 5.20. The lowest BCUT2D eigenvalue weighted by molar-refractivity contribution is 0.210. The molecule has 7 heteroatoms. The summed E-state index contributed by atoms with van der Waals surface area (Å²) in [6, 6.07) is 9.20. The molecule has 3 heterocycles. The number of nitrogens with zero attached hydrogens (tertiary/aromatic N) is 3. The summed E-state index contributed by atoms with van der Waals surface area (Å²) in [6.07, 6.45) is 8.70. The van der Waals surface area contributed by atoms with Crippen molar-refractivity contribution in [1.29, 1.82) is 0 Å². The summed E-state index contributed by atoms with van der Waals surface area (Å²) >= 11 is 6.15. The Balaban J connectivity index is 1.52. The van der Waals surface area contributed by atoms with E-state index < -0.39 is 0 Å². The minimum absolute atomic E-state index is 0.00982. The van der Waals surface area contributed by atoms with Gasteiger partial charge in [-0.1, -0.05) is 24.4 Å². The average Bonchev–Trinajstić information content (AvgIpc) is 2.86. The van der Waals surface area contributed by atoms with Gasteiger partial charge in [-0.3, -0.25) is 14.8 Å². The zero-order valence-corrected chi connectivity index (χ0v) is 20.3. The summed E-state index contributed by atoms with van der Waals surface area (Å²) < 4.78 is 15.8. The van der Waals surface area contributed by atoms with Gasteiger partial charge < -0.3 is 10.4 Å². The summed E-state index contributed by atoms with van der Waals surface area (Å²) in [5.41, 5.74) is 3.12. The predicted octanol–water partition coefficient (Wildman–Crippen LogP) is 6.45. The maximum Gasteiger partial charge on any atom is 0.146 e. The van der Waals surface area contributed by atoms with E-state index in [1.807, 2.05) is 24.3 Å². The van der Waals surface area contributed by atoms with E-state index >= 15 is 4.39 Å². The van der Waals surface area contributed by atoms with Crippen LogP contribution in [0, 0.1) is 5.82 Å². The molecule has 34 heavy (non-hydrogen) atoms. The lowest BCUT2D eigenvalue weighted by Crippen LogP contribution is -2.31. The molecule has 0 spiro atoms. The van der Waals surface area contributed by atoms with Gasteiger partial charge in [0.2, 0.25) is 0 Å². The van der Waals surface area contributed by atoms with Gasteiger partial charge in [-0.15, -0.1) is 0 Å². The van der Waals surface area contributed by atoms with Crippen LogP contribution in [0.2, 0.25) is 5.02 Å². The lowest BCUT2D eigenvalue weighted by Gasteiger charge is -2.29. The number of aromatic hydroxyl groups is 1. The van der Waals surface area contributed by atoms with Crippen LogP contribution in [0.3, 0.4) is 0 Å². The van der Waals surface area contributed by atoms with Gasteiger partial charge in [-0.25, -0.2) is 4.39 Å². The van der Waals surface area contributed by atoms with E-state index in [9.17, 15) is 5.11 Å². The van der Waals surface area contributed by atoms with E-state index in [2.05, 4.69) is 20.1 Å². The number of likely N-dealkylation sites (tertiary alicyclic amines) is 2.